The lowest BCUT2D eigenvalue weighted by Gasteiger charge is -2.30. The zero-order valence-electron chi connectivity index (χ0n) is 17.2. The Bertz CT molecular complexity index is 967. The molecule has 1 aromatic carbocycles. The van der Waals surface area contributed by atoms with Crippen LogP contribution in [0.3, 0.4) is 0 Å². The van der Waals surface area contributed by atoms with Crippen LogP contribution in [0.2, 0.25) is 0 Å². The summed E-state index contributed by atoms with van der Waals surface area (Å²) in [6.45, 7) is 4.64. The summed E-state index contributed by atoms with van der Waals surface area (Å²) < 4.78 is 17.7. The van der Waals surface area contributed by atoms with Crippen LogP contribution in [-0.4, -0.2) is 53.8 Å². The first kappa shape index (κ1) is 21.9. The second kappa shape index (κ2) is 9.77. The third-order valence-electron chi connectivity index (χ3n) is 5.08. The highest BCUT2D eigenvalue weighted by molar-refractivity contribution is 5.89. The number of ether oxygens (including phenoxy) is 3. The van der Waals surface area contributed by atoms with E-state index in [1.807, 2.05) is 11.5 Å². The molecule has 1 unspecified atom stereocenters. The van der Waals surface area contributed by atoms with Gasteiger partial charge in [-0.15, -0.1) is 0 Å². The van der Waals surface area contributed by atoms with Crippen molar-refractivity contribution < 1.29 is 29.2 Å². The number of hydrogen-bond acceptors (Lipinski definition) is 7. The van der Waals surface area contributed by atoms with Gasteiger partial charge in [-0.25, -0.2) is 4.79 Å². The molecule has 8 nitrogen and oxygen atoms in total. The van der Waals surface area contributed by atoms with Crippen molar-refractivity contribution in [2.24, 2.45) is 0 Å². The van der Waals surface area contributed by atoms with Crippen molar-refractivity contribution in [3.05, 3.63) is 45.7 Å². The Morgan fingerprint density at radius 2 is 2.00 bits per heavy atom. The number of carbonyl (C=O) groups is 1. The number of fused-ring (bicyclic) bond motifs is 3. The summed E-state index contributed by atoms with van der Waals surface area (Å²) in [5.41, 5.74) is 1.93. The number of esters is 1. The first-order valence-corrected chi connectivity index (χ1v) is 10.1. The van der Waals surface area contributed by atoms with Gasteiger partial charge in [-0.3, -0.25) is 4.79 Å². The van der Waals surface area contributed by atoms with Crippen LogP contribution in [-0.2, 0) is 15.9 Å². The minimum absolute atomic E-state index is 0.00885. The molecule has 3 rings (SSSR count). The molecule has 30 heavy (non-hydrogen) atoms. The quantitative estimate of drug-likeness (QED) is 0.476. The summed E-state index contributed by atoms with van der Waals surface area (Å²) in [5.74, 6) is -0.331. The summed E-state index contributed by atoms with van der Waals surface area (Å²) in [7, 11) is 0. The number of aliphatic hydroxyl groups excluding tert-OH is 1. The minimum atomic E-state index is -0.631. The van der Waals surface area contributed by atoms with Crippen molar-refractivity contribution in [3.8, 4) is 22.8 Å². The minimum Gasteiger partial charge on any atom is -0.504 e. The summed E-state index contributed by atoms with van der Waals surface area (Å²) in [5, 5.41) is 19.2. The highest BCUT2D eigenvalue weighted by Gasteiger charge is 2.27. The SMILES string of the molecule is CCOC(=O)c1cn2c(cc1=O)-c1cc(O)c(OCCOCCO)cc1CC2CC. The topological polar surface area (TPSA) is 107 Å². The predicted octanol–water partition coefficient (Wildman–Crippen LogP) is 2.29. The average molecular weight is 417 g/mol. The monoisotopic (exact) mass is 417 g/mol. The number of rotatable bonds is 9. The number of benzene rings is 1. The molecule has 1 atom stereocenters. The second-order valence-electron chi connectivity index (χ2n) is 6.99. The highest BCUT2D eigenvalue weighted by atomic mass is 16.5. The van der Waals surface area contributed by atoms with E-state index in [2.05, 4.69) is 0 Å². The van der Waals surface area contributed by atoms with Gasteiger partial charge >= 0.3 is 5.97 Å². The standard InChI is InChI=1S/C22H27NO7/c1-3-15-9-14-10-21(30-8-7-28-6-5-24)20(26)11-16(14)18-12-19(25)17(13-23(15)18)22(27)29-4-2/h10-13,15,24,26H,3-9H2,1-2H3. The lowest BCUT2D eigenvalue weighted by atomic mass is 9.90. The number of carbonyl (C=O) groups excluding carboxylic acids is 1. The Morgan fingerprint density at radius 3 is 2.70 bits per heavy atom. The number of aliphatic hydroxyl groups is 1. The normalized spacial score (nSPS) is 14.7. The molecule has 0 amide bonds. The number of phenols is 1. The summed E-state index contributed by atoms with van der Waals surface area (Å²) in [6.07, 6.45) is 3.03. The van der Waals surface area contributed by atoms with Gasteiger partial charge in [-0.1, -0.05) is 6.92 Å². The van der Waals surface area contributed by atoms with Crippen LogP contribution in [0.5, 0.6) is 11.5 Å². The first-order valence-electron chi connectivity index (χ1n) is 10.1. The maximum absolute atomic E-state index is 12.6. The van der Waals surface area contributed by atoms with E-state index in [1.54, 1.807) is 25.3 Å². The fraction of sp³-hybridized carbons (Fsp3) is 0.455. The van der Waals surface area contributed by atoms with E-state index in [1.165, 1.54) is 6.07 Å². The van der Waals surface area contributed by atoms with E-state index in [4.69, 9.17) is 19.3 Å². The lowest BCUT2D eigenvalue weighted by Crippen LogP contribution is -2.26. The highest BCUT2D eigenvalue weighted by Crippen LogP contribution is 2.41. The zero-order chi connectivity index (χ0) is 21.7. The molecule has 1 aliphatic rings. The van der Waals surface area contributed by atoms with Crippen molar-refractivity contribution in [2.45, 2.75) is 32.7 Å². The van der Waals surface area contributed by atoms with Crippen LogP contribution < -0.4 is 10.2 Å². The zero-order valence-corrected chi connectivity index (χ0v) is 17.2. The van der Waals surface area contributed by atoms with Crippen LogP contribution in [0, 0.1) is 0 Å². The van der Waals surface area contributed by atoms with Crippen molar-refractivity contribution in [1.82, 2.24) is 4.57 Å². The molecular formula is C22H27NO7. The van der Waals surface area contributed by atoms with Crippen molar-refractivity contribution >= 4 is 5.97 Å². The van der Waals surface area contributed by atoms with Crippen LogP contribution in [0.15, 0.2) is 29.2 Å². The largest absolute Gasteiger partial charge is 0.504 e. The van der Waals surface area contributed by atoms with Crippen molar-refractivity contribution in [3.63, 3.8) is 0 Å². The summed E-state index contributed by atoms with van der Waals surface area (Å²) >= 11 is 0. The van der Waals surface area contributed by atoms with Gasteiger partial charge in [0, 0.05) is 23.9 Å². The fourth-order valence-corrected chi connectivity index (χ4v) is 3.63. The van der Waals surface area contributed by atoms with E-state index >= 15 is 0 Å². The number of phenolic OH excluding ortho intramolecular Hbond substituents is 1. The first-order chi connectivity index (χ1) is 14.5. The molecule has 2 aromatic rings. The van der Waals surface area contributed by atoms with Gasteiger partial charge in [0.2, 0.25) is 0 Å². The maximum Gasteiger partial charge on any atom is 0.343 e. The maximum atomic E-state index is 12.6. The Morgan fingerprint density at radius 1 is 1.20 bits per heavy atom. The van der Waals surface area contributed by atoms with E-state index in [9.17, 15) is 14.7 Å². The van der Waals surface area contributed by atoms with Gasteiger partial charge in [-0.05, 0) is 37.5 Å². The van der Waals surface area contributed by atoms with Gasteiger partial charge in [0.05, 0.1) is 32.1 Å². The predicted molar refractivity (Wildman–Crippen MR) is 110 cm³/mol. The Hall–Kier alpha value is -2.84. The van der Waals surface area contributed by atoms with Gasteiger partial charge < -0.3 is 29.0 Å². The van der Waals surface area contributed by atoms with Gasteiger partial charge in [-0.2, -0.15) is 0 Å². The lowest BCUT2D eigenvalue weighted by molar-refractivity contribution is 0.0523. The number of nitrogens with zero attached hydrogens (tertiary/aromatic N) is 1. The van der Waals surface area contributed by atoms with Crippen LogP contribution >= 0.6 is 0 Å². The van der Waals surface area contributed by atoms with E-state index < -0.39 is 11.4 Å². The van der Waals surface area contributed by atoms with Gasteiger partial charge in [0.25, 0.3) is 0 Å². The number of aromatic nitrogens is 1. The van der Waals surface area contributed by atoms with Crippen LogP contribution in [0.4, 0.5) is 0 Å². The number of pyridine rings is 1. The van der Waals surface area contributed by atoms with Gasteiger partial charge in [0.1, 0.15) is 12.2 Å². The third kappa shape index (κ3) is 4.49. The molecular weight excluding hydrogens is 390 g/mol. The average Bonchev–Trinajstić information content (AvgIpc) is 2.73. The number of hydrogen-bond donors (Lipinski definition) is 2. The fourth-order valence-electron chi connectivity index (χ4n) is 3.63. The van der Waals surface area contributed by atoms with Crippen molar-refractivity contribution in [2.75, 3.05) is 33.0 Å². The molecule has 0 saturated heterocycles. The van der Waals surface area contributed by atoms with Crippen molar-refractivity contribution in [1.29, 1.82) is 0 Å². The third-order valence-corrected chi connectivity index (χ3v) is 5.08. The molecule has 0 bridgehead atoms. The molecule has 1 aliphatic heterocycles. The van der Waals surface area contributed by atoms with Crippen LogP contribution in [0.25, 0.3) is 11.3 Å². The smallest absolute Gasteiger partial charge is 0.343 e. The molecule has 0 aliphatic carbocycles. The van der Waals surface area contributed by atoms with E-state index in [0.29, 0.717) is 24.5 Å². The molecule has 2 N–H and O–H groups in total. The molecule has 0 radical (unpaired) electrons. The van der Waals surface area contributed by atoms with E-state index in [0.717, 1.165) is 17.5 Å². The van der Waals surface area contributed by atoms with Crippen LogP contribution in [0.1, 0.15) is 42.2 Å². The Kier molecular flexibility index (Phi) is 7.12. The second-order valence-corrected chi connectivity index (χ2v) is 6.99. The Balaban J connectivity index is 1.95. The van der Waals surface area contributed by atoms with Gasteiger partial charge in [0.15, 0.2) is 16.9 Å². The molecule has 0 spiro atoms. The molecule has 1 aromatic heterocycles. The molecule has 0 fully saturated rings. The molecule has 0 saturated carbocycles. The Labute approximate surface area is 174 Å². The molecule has 8 heteroatoms. The summed E-state index contributed by atoms with van der Waals surface area (Å²) in [4.78, 5) is 24.7. The summed E-state index contributed by atoms with van der Waals surface area (Å²) in [6, 6.07) is 4.84. The molecule has 2 heterocycles. The number of aromatic hydroxyl groups is 1. The molecule has 162 valence electrons. The van der Waals surface area contributed by atoms with E-state index in [-0.39, 0.29) is 43.8 Å².